The predicted octanol–water partition coefficient (Wildman–Crippen LogP) is 2.23. The Morgan fingerprint density at radius 1 is 1.11 bits per heavy atom. The van der Waals surface area contributed by atoms with Crippen LogP contribution in [0.15, 0.2) is 81.3 Å². The molecule has 1 aromatic heterocycles. The van der Waals surface area contributed by atoms with Gasteiger partial charge in [-0.1, -0.05) is 30.3 Å². The lowest BCUT2D eigenvalue weighted by Crippen LogP contribution is -2.24. The van der Waals surface area contributed by atoms with Crippen LogP contribution in [0.4, 0.5) is 0 Å². The SMILES string of the molecule is O=C(N/N=C\c1ccco1)c1cc(S(=O)(=O)NCc2ccccc2)ccc1O. The average molecular weight is 399 g/mol. The van der Waals surface area contributed by atoms with E-state index in [-0.39, 0.29) is 22.8 Å². The third kappa shape index (κ3) is 4.84. The molecule has 0 aliphatic rings. The van der Waals surface area contributed by atoms with Gasteiger partial charge in [-0.25, -0.2) is 18.6 Å². The van der Waals surface area contributed by atoms with Gasteiger partial charge in [0.15, 0.2) is 0 Å². The first-order valence-electron chi connectivity index (χ1n) is 8.19. The summed E-state index contributed by atoms with van der Waals surface area (Å²) < 4.78 is 32.5. The van der Waals surface area contributed by atoms with Crippen LogP contribution in [0.2, 0.25) is 0 Å². The van der Waals surface area contributed by atoms with Gasteiger partial charge in [0.25, 0.3) is 5.91 Å². The maximum absolute atomic E-state index is 12.5. The molecule has 3 N–H and O–H groups in total. The zero-order valence-corrected chi connectivity index (χ0v) is 15.4. The lowest BCUT2D eigenvalue weighted by molar-refractivity contribution is 0.0952. The van der Waals surface area contributed by atoms with Crippen molar-refractivity contribution in [2.45, 2.75) is 11.4 Å². The summed E-state index contributed by atoms with van der Waals surface area (Å²) >= 11 is 0. The van der Waals surface area contributed by atoms with Gasteiger partial charge in [-0.05, 0) is 35.9 Å². The molecule has 0 saturated heterocycles. The van der Waals surface area contributed by atoms with Crippen molar-refractivity contribution in [1.82, 2.24) is 10.1 Å². The van der Waals surface area contributed by atoms with E-state index in [4.69, 9.17) is 4.42 Å². The summed E-state index contributed by atoms with van der Waals surface area (Å²) in [5.74, 6) is -0.709. The number of hydrazone groups is 1. The first-order chi connectivity index (χ1) is 13.5. The standard InChI is InChI=1S/C19H17N3O5S/c23-18-9-8-16(28(25,26)21-12-14-5-2-1-3-6-14)11-17(18)19(24)22-20-13-15-7-4-10-27-15/h1-11,13,21,23H,12H2,(H,22,24)/b20-13-. The molecule has 3 aromatic rings. The number of phenols is 1. The van der Waals surface area contributed by atoms with E-state index in [1.165, 1.54) is 18.5 Å². The molecule has 0 bridgehead atoms. The van der Waals surface area contributed by atoms with E-state index in [9.17, 15) is 18.3 Å². The number of hydrogen-bond donors (Lipinski definition) is 3. The highest BCUT2D eigenvalue weighted by atomic mass is 32.2. The normalized spacial score (nSPS) is 11.6. The van der Waals surface area contributed by atoms with Crippen molar-refractivity contribution >= 4 is 22.1 Å². The molecule has 3 rings (SSSR count). The number of rotatable bonds is 7. The van der Waals surface area contributed by atoms with Gasteiger partial charge in [-0.3, -0.25) is 4.79 Å². The van der Waals surface area contributed by atoms with Crippen molar-refractivity contribution in [3.8, 4) is 5.75 Å². The second-order valence-corrected chi connectivity index (χ2v) is 7.47. The summed E-state index contributed by atoms with van der Waals surface area (Å²) in [6.07, 6.45) is 2.72. The Kier molecular flexibility index (Phi) is 5.87. The van der Waals surface area contributed by atoms with E-state index in [0.29, 0.717) is 5.76 Å². The van der Waals surface area contributed by atoms with Gasteiger partial charge in [0.2, 0.25) is 10.0 Å². The summed E-state index contributed by atoms with van der Waals surface area (Å²) in [5.41, 5.74) is 2.77. The number of carbonyl (C=O) groups excluding carboxylic acids is 1. The minimum Gasteiger partial charge on any atom is -0.507 e. The molecule has 0 radical (unpaired) electrons. The molecule has 0 spiro atoms. The van der Waals surface area contributed by atoms with E-state index < -0.39 is 15.9 Å². The zero-order chi connectivity index (χ0) is 20.0. The monoisotopic (exact) mass is 399 g/mol. The van der Waals surface area contributed by atoms with Crippen molar-refractivity contribution in [2.24, 2.45) is 5.10 Å². The number of nitrogens with one attached hydrogen (secondary N) is 2. The van der Waals surface area contributed by atoms with E-state index in [1.54, 1.807) is 36.4 Å². The molecule has 144 valence electrons. The number of nitrogens with zero attached hydrogens (tertiary/aromatic N) is 1. The molecule has 0 saturated carbocycles. The molecule has 0 aliphatic carbocycles. The van der Waals surface area contributed by atoms with Crippen LogP contribution >= 0.6 is 0 Å². The Morgan fingerprint density at radius 3 is 2.61 bits per heavy atom. The predicted molar refractivity (Wildman–Crippen MR) is 102 cm³/mol. The minimum absolute atomic E-state index is 0.0962. The summed E-state index contributed by atoms with van der Waals surface area (Å²) in [7, 11) is -3.88. The van der Waals surface area contributed by atoms with Crippen molar-refractivity contribution in [2.75, 3.05) is 0 Å². The number of furan rings is 1. The van der Waals surface area contributed by atoms with Crippen LogP contribution < -0.4 is 10.1 Å². The summed E-state index contributed by atoms with van der Waals surface area (Å²) in [4.78, 5) is 12.1. The maximum atomic E-state index is 12.5. The first-order valence-corrected chi connectivity index (χ1v) is 9.67. The molecule has 1 heterocycles. The largest absolute Gasteiger partial charge is 0.507 e. The molecule has 0 aliphatic heterocycles. The van der Waals surface area contributed by atoms with Crippen LogP contribution in [0.3, 0.4) is 0 Å². The van der Waals surface area contributed by atoms with E-state index in [0.717, 1.165) is 17.7 Å². The smallest absolute Gasteiger partial charge is 0.275 e. The fourth-order valence-electron chi connectivity index (χ4n) is 2.30. The number of aromatic hydroxyl groups is 1. The molecular formula is C19H17N3O5S. The van der Waals surface area contributed by atoms with Gasteiger partial charge in [0.1, 0.15) is 11.5 Å². The van der Waals surface area contributed by atoms with Crippen molar-refractivity contribution in [3.05, 3.63) is 83.8 Å². The van der Waals surface area contributed by atoms with Gasteiger partial charge in [0, 0.05) is 6.54 Å². The lowest BCUT2D eigenvalue weighted by atomic mass is 10.2. The van der Waals surface area contributed by atoms with E-state index in [1.807, 2.05) is 6.07 Å². The third-order valence-electron chi connectivity index (χ3n) is 3.73. The van der Waals surface area contributed by atoms with E-state index in [2.05, 4.69) is 15.2 Å². The fourth-order valence-corrected chi connectivity index (χ4v) is 3.34. The molecule has 8 nitrogen and oxygen atoms in total. The van der Waals surface area contributed by atoms with Crippen molar-refractivity contribution < 1.29 is 22.7 Å². The molecule has 9 heteroatoms. The van der Waals surface area contributed by atoms with Crippen LogP contribution in [0.1, 0.15) is 21.7 Å². The topological polar surface area (TPSA) is 121 Å². The van der Waals surface area contributed by atoms with Gasteiger partial charge >= 0.3 is 0 Å². The third-order valence-corrected chi connectivity index (χ3v) is 5.13. The Hall–Kier alpha value is -3.43. The Balaban J connectivity index is 1.73. The van der Waals surface area contributed by atoms with Crippen LogP contribution in [0.5, 0.6) is 5.75 Å². The second kappa shape index (κ2) is 8.51. The molecule has 0 fully saturated rings. The second-order valence-electron chi connectivity index (χ2n) is 5.70. The molecule has 0 unspecified atom stereocenters. The number of hydrogen-bond acceptors (Lipinski definition) is 6. The highest BCUT2D eigenvalue weighted by molar-refractivity contribution is 7.89. The molecule has 0 atom stereocenters. The van der Waals surface area contributed by atoms with Crippen LogP contribution in [0, 0.1) is 0 Å². The fraction of sp³-hybridized carbons (Fsp3) is 0.0526. The number of benzene rings is 2. The number of carbonyl (C=O) groups is 1. The Morgan fingerprint density at radius 2 is 1.89 bits per heavy atom. The molecule has 28 heavy (non-hydrogen) atoms. The van der Waals surface area contributed by atoms with Crippen LogP contribution in [-0.2, 0) is 16.6 Å². The summed E-state index contributed by atoms with van der Waals surface area (Å²) in [5, 5.41) is 13.6. The highest BCUT2D eigenvalue weighted by Gasteiger charge is 2.19. The molecule has 1 amide bonds. The Labute approximate surface area is 161 Å². The maximum Gasteiger partial charge on any atom is 0.275 e. The van der Waals surface area contributed by atoms with Crippen LogP contribution in [-0.4, -0.2) is 25.6 Å². The number of amides is 1. The summed E-state index contributed by atoms with van der Waals surface area (Å²) in [6.45, 7) is 0.0962. The first kappa shape index (κ1) is 19.3. The van der Waals surface area contributed by atoms with Gasteiger partial charge in [-0.2, -0.15) is 5.10 Å². The molecule has 2 aromatic carbocycles. The van der Waals surface area contributed by atoms with Crippen molar-refractivity contribution in [3.63, 3.8) is 0 Å². The Bertz CT molecular complexity index is 1080. The van der Waals surface area contributed by atoms with Gasteiger partial charge in [-0.15, -0.1) is 0 Å². The lowest BCUT2D eigenvalue weighted by Gasteiger charge is -2.09. The van der Waals surface area contributed by atoms with E-state index >= 15 is 0 Å². The van der Waals surface area contributed by atoms with Crippen LogP contribution in [0.25, 0.3) is 0 Å². The number of sulfonamides is 1. The average Bonchev–Trinajstić information content (AvgIpc) is 3.21. The minimum atomic E-state index is -3.88. The quantitative estimate of drug-likeness (QED) is 0.416. The van der Waals surface area contributed by atoms with Crippen molar-refractivity contribution in [1.29, 1.82) is 0 Å². The van der Waals surface area contributed by atoms with Gasteiger partial charge in [0.05, 0.1) is 22.9 Å². The number of phenolic OH excluding ortho intramolecular Hbond substituents is 1. The summed E-state index contributed by atoms with van der Waals surface area (Å²) in [6, 6.07) is 15.7. The molecular weight excluding hydrogens is 382 g/mol. The zero-order valence-electron chi connectivity index (χ0n) is 14.6. The highest BCUT2D eigenvalue weighted by Crippen LogP contribution is 2.21. The van der Waals surface area contributed by atoms with Gasteiger partial charge < -0.3 is 9.52 Å².